The number of carboxylic acids is 1. The first kappa shape index (κ1) is 27.3. The zero-order valence-corrected chi connectivity index (χ0v) is 18.2. The normalized spacial score (nSPS) is 15.1. The fourth-order valence-corrected chi connectivity index (χ4v) is 2.56. The van der Waals surface area contributed by atoms with Crippen molar-refractivity contribution in [2.75, 3.05) is 0 Å². The number of hydrogen-bond donors (Lipinski definition) is 6. The van der Waals surface area contributed by atoms with E-state index in [0.29, 0.717) is 0 Å². The van der Waals surface area contributed by atoms with Gasteiger partial charge >= 0.3 is 5.97 Å². The quantitative estimate of drug-likeness (QED) is 0.212. The highest BCUT2D eigenvalue weighted by Gasteiger charge is 2.31. The molecule has 4 atom stereocenters. The van der Waals surface area contributed by atoms with Gasteiger partial charge in [0, 0.05) is 6.42 Å². The number of hydrogen-bond acceptors (Lipinski definition) is 6. The summed E-state index contributed by atoms with van der Waals surface area (Å²) in [6.07, 6.45) is 0.255. The molecule has 0 rings (SSSR count). The third-order valence-corrected chi connectivity index (χ3v) is 4.35. The van der Waals surface area contributed by atoms with Gasteiger partial charge in [0.1, 0.15) is 18.1 Å². The zero-order chi connectivity index (χ0) is 23.6. The van der Waals surface area contributed by atoms with Crippen LogP contribution in [-0.2, 0) is 24.0 Å². The molecule has 0 fully saturated rings. The molecule has 8 N–H and O–H groups in total. The van der Waals surface area contributed by atoms with Crippen molar-refractivity contribution in [1.29, 1.82) is 0 Å². The van der Waals surface area contributed by atoms with Gasteiger partial charge in [0.2, 0.25) is 23.6 Å². The minimum atomic E-state index is -1.20. The standard InChI is InChI=1S/C19H35N5O6/c1-9(2)8-13(17(27)22-11(5)19(29)30)23-18(28)15(10(3)4)24-16(26)12(20)6-7-14(21)25/h9-13,15H,6-8,20H2,1-5H3,(H2,21,25)(H,22,27)(H,23,28)(H,24,26)(H,29,30). The Morgan fingerprint density at radius 3 is 1.87 bits per heavy atom. The van der Waals surface area contributed by atoms with E-state index in [1.165, 1.54) is 6.92 Å². The molecule has 0 saturated carbocycles. The van der Waals surface area contributed by atoms with Gasteiger partial charge in [0.05, 0.1) is 6.04 Å². The first-order valence-electron chi connectivity index (χ1n) is 9.94. The molecule has 0 bridgehead atoms. The molecule has 0 heterocycles. The van der Waals surface area contributed by atoms with E-state index in [1.54, 1.807) is 13.8 Å². The number of nitrogens with two attached hydrogens (primary N) is 2. The van der Waals surface area contributed by atoms with Crippen LogP contribution in [0.4, 0.5) is 0 Å². The Labute approximate surface area is 176 Å². The predicted molar refractivity (Wildman–Crippen MR) is 110 cm³/mol. The zero-order valence-electron chi connectivity index (χ0n) is 18.2. The van der Waals surface area contributed by atoms with E-state index < -0.39 is 53.8 Å². The second-order valence-electron chi connectivity index (χ2n) is 8.10. The maximum atomic E-state index is 12.8. The average Bonchev–Trinajstić information content (AvgIpc) is 2.62. The summed E-state index contributed by atoms with van der Waals surface area (Å²) in [6.45, 7) is 8.45. The van der Waals surface area contributed by atoms with Crippen LogP contribution in [0, 0.1) is 11.8 Å². The molecule has 11 nitrogen and oxygen atoms in total. The second-order valence-corrected chi connectivity index (χ2v) is 8.10. The number of carboxylic acid groups (broad SMARTS) is 1. The first-order valence-corrected chi connectivity index (χ1v) is 9.94. The molecule has 11 heteroatoms. The van der Waals surface area contributed by atoms with Crippen LogP contribution < -0.4 is 27.4 Å². The minimum absolute atomic E-state index is 0.0375. The number of carbonyl (C=O) groups is 5. The molecular formula is C19H35N5O6. The summed E-state index contributed by atoms with van der Waals surface area (Å²) >= 11 is 0. The van der Waals surface area contributed by atoms with Crippen molar-refractivity contribution < 1.29 is 29.1 Å². The minimum Gasteiger partial charge on any atom is -0.480 e. The van der Waals surface area contributed by atoms with E-state index >= 15 is 0 Å². The highest BCUT2D eigenvalue weighted by atomic mass is 16.4. The molecule has 0 saturated heterocycles. The molecule has 4 unspecified atom stereocenters. The SMILES string of the molecule is CC(C)CC(NC(=O)C(NC(=O)C(N)CCC(N)=O)C(C)C)C(=O)NC(C)C(=O)O. The van der Waals surface area contributed by atoms with Gasteiger partial charge in [0.15, 0.2) is 0 Å². The first-order chi connectivity index (χ1) is 13.8. The van der Waals surface area contributed by atoms with E-state index in [9.17, 15) is 24.0 Å². The fourth-order valence-electron chi connectivity index (χ4n) is 2.56. The number of primary amides is 1. The van der Waals surface area contributed by atoms with E-state index in [2.05, 4.69) is 16.0 Å². The molecule has 4 amide bonds. The van der Waals surface area contributed by atoms with Gasteiger partial charge in [0.25, 0.3) is 0 Å². The van der Waals surface area contributed by atoms with Crippen LogP contribution in [0.1, 0.15) is 53.9 Å². The Morgan fingerprint density at radius 2 is 1.43 bits per heavy atom. The molecule has 0 aromatic carbocycles. The Kier molecular flexibility index (Phi) is 11.6. The van der Waals surface area contributed by atoms with Gasteiger partial charge < -0.3 is 32.5 Å². The van der Waals surface area contributed by atoms with Crippen LogP contribution in [0.15, 0.2) is 0 Å². The molecule has 0 aromatic heterocycles. The largest absolute Gasteiger partial charge is 0.480 e. The van der Waals surface area contributed by atoms with Gasteiger partial charge in [-0.1, -0.05) is 27.7 Å². The van der Waals surface area contributed by atoms with Crippen LogP contribution in [0.2, 0.25) is 0 Å². The van der Waals surface area contributed by atoms with Gasteiger partial charge in [-0.05, 0) is 31.6 Å². The van der Waals surface area contributed by atoms with Gasteiger partial charge in [-0.2, -0.15) is 0 Å². The second kappa shape index (κ2) is 12.8. The lowest BCUT2D eigenvalue weighted by atomic mass is 9.99. The number of amides is 4. The van der Waals surface area contributed by atoms with Crippen molar-refractivity contribution in [2.45, 2.75) is 78.0 Å². The summed E-state index contributed by atoms with van der Waals surface area (Å²) in [4.78, 5) is 59.4. The molecule has 172 valence electrons. The summed E-state index contributed by atoms with van der Waals surface area (Å²) in [5, 5.41) is 16.5. The fraction of sp³-hybridized carbons (Fsp3) is 0.737. The Bertz CT molecular complexity index is 637. The third-order valence-electron chi connectivity index (χ3n) is 4.35. The van der Waals surface area contributed by atoms with Crippen molar-refractivity contribution in [2.24, 2.45) is 23.3 Å². The topological polar surface area (TPSA) is 194 Å². The molecule has 0 aliphatic carbocycles. The van der Waals surface area contributed by atoms with Gasteiger partial charge in [-0.15, -0.1) is 0 Å². The summed E-state index contributed by atoms with van der Waals surface area (Å²) < 4.78 is 0. The predicted octanol–water partition coefficient (Wildman–Crippen LogP) is -1.16. The molecule has 0 spiro atoms. The Hall–Kier alpha value is -2.69. The maximum absolute atomic E-state index is 12.8. The monoisotopic (exact) mass is 429 g/mol. The summed E-state index contributed by atoms with van der Waals surface area (Å²) in [5.41, 5.74) is 10.8. The van der Waals surface area contributed by atoms with Crippen molar-refractivity contribution in [3.05, 3.63) is 0 Å². The Balaban J connectivity index is 5.23. The van der Waals surface area contributed by atoms with Crippen molar-refractivity contribution in [3.63, 3.8) is 0 Å². The van der Waals surface area contributed by atoms with Gasteiger partial charge in [-0.25, -0.2) is 0 Å². The van der Waals surface area contributed by atoms with Crippen molar-refractivity contribution >= 4 is 29.6 Å². The van der Waals surface area contributed by atoms with E-state index in [1.807, 2.05) is 13.8 Å². The number of rotatable bonds is 13. The summed E-state index contributed by atoms with van der Waals surface area (Å²) in [6, 6.07) is -4.08. The van der Waals surface area contributed by atoms with Gasteiger partial charge in [-0.3, -0.25) is 24.0 Å². The van der Waals surface area contributed by atoms with Crippen LogP contribution in [0.25, 0.3) is 0 Å². The highest BCUT2D eigenvalue weighted by molar-refractivity contribution is 5.94. The van der Waals surface area contributed by atoms with E-state index in [4.69, 9.17) is 16.6 Å². The highest BCUT2D eigenvalue weighted by Crippen LogP contribution is 2.09. The van der Waals surface area contributed by atoms with Crippen LogP contribution in [-0.4, -0.2) is 58.9 Å². The van der Waals surface area contributed by atoms with Crippen LogP contribution in [0.5, 0.6) is 0 Å². The smallest absolute Gasteiger partial charge is 0.325 e. The van der Waals surface area contributed by atoms with Crippen LogP contribution in [0.3, 0.4) is 0 Å². The summed E-state index contributed by atoms with van der Waals surface area (Å²) in [7, 11) is 0. The lowest BCUT2D eigenvalue weighted by Crippen LogP contribution is -2.58. The van der Waals surface area contributed by atoms with Crippen molar-refractivity contribution in [3.8, 4) is 0 Å². The summed E-state index contributed by atoms with van der Waals surface area (Å²) in [5.74, 6) is -3.91. The van der Waals surface area contributed by atoms with E-state index in [0.717, 1.165) is 0 Å². The molecular weight excluding hydrogens is 394 g/mol. The third kappa shape index (κ3) is 10.2. The molecule has 0 aliphatic heterocycles. The molecule has 0 radical (unpaired) electrons. The maximum Gasteiger partial charge on any atom is 0.325 e. The molecule has 0 aromatic rings. The number of nitrogens with one attached hydrogen (secondary N) is 3. The lowest BCUT2D eigenvalue weighted by Gasteiger charge is -2.27. The number of aliphatic carboxylic acids is 1. The lowest BCUT2D eigenvalue weighted by molar-refractivity contribution is -0.142. The number of carbonyl (C=O) groups excluding carboxylic acids is 4. The molecule has 0 aliphatic rings. The average molecular weight is 430 g/mol. The Morgan fingerprint density at radius 1 is 0.867 bits per heavy atom. The van der Waals surface area contributed by atoms with Crippen LogP contribution >= 0.6 is 0 Å². The molecule has 30 heavy (non-hydrogen) atoms. The van der Waals surface area contributed by atoms with E-state index in [-0.39, 0.29) is 31.1 Å². The van der Waals surface area contributed by atoms with Crippen molar-refractivity contribution in [1.82, 2.24) is 16.0 Å².